The second kappa shape index (κ2) is 7.75. The molecule has 0 radical (unpaired) electrons. The van der Waals surface area contributed by atoms with Gasteiger partial charge < -0.3 is 9.52 Å². The van der Waals surface area contributed by atoms with Crippen molar-refractivity contribution < 1.29 is 18.7 Å². The van der Waals surface area contributed by atoms with Crippen LogP contribution in [-0.2, 0) is 11.3 Å². The fourth-order valence-electron chi connectivity index (χ4n) is 2.22. The summed E-state index contributed by atoms with van der Waals surface area (Å²) in [6.07, 6.45) is 2.37. The van der Waals surface area contributed by atoms with E-state index in [2.05, 4.69) is 5.32 Å². The lowest BCUT2D eigenvalue weighted by Crippen LogP contribution is -2.36. The Morgan fingerprint density at radius 1 is 1.32 bits per heavy atom. The lowest BCUT2D eigenvalue weighted by molar-refractivity contribution is -0.139. The Balaban J connectivity index is 2.00. The van der Waals surface area contributed by atoms with E-state index >= 15 is 0 Å². The van der Waals surface area contributed by atoms with E-state index in [0.717, 1.165) is 12.8 Å². The molecule has 0 amide bonds. The largest absolute Gasteiger partial charge is 0.480 e. The van der Waals surface area contributed by atoms with Crippen LogP contribution in [-0.4, -0.2) is 17.1 Å². The van der Waals surface area contributed by atoms with Gasteiger partial charge in [-0.15, -0.1) is 0 Å². The zero-order chi connectivity index (χ0) is 15.9. The summed E-state index contributed by atoms with van der Waals surface area (Å²) >= 11 is 0. The van der Waals surface area contributed by atoms with Gasteiger partial charge in [-0.05, 0) is 30.7 Å². The summed E-state index contributed by atoms with van der Waals surface area (Å²) in [5.74, 6) is -0.187. The predicted molar refractivity (Wildman–Crippen MR) is 81.9 cm³/mol. The van der Waals surface area contributed by atoms with Crippen molar-refractivity contribution in [2.75, 3.05) is 0 Å². The van der Waals surface area contributed by atoms with Crippen LogP contribution in [0.25, 0.3) is 11.3 Å². The Bertz CT molecular complexity index is 624. The van der Waals surface area contributed by atoms with E-state index < -0.39 is 12.0 Å². The second-order valence-electron chi connectivity index (χ2n) is 5.16. The monoisotopic (exact) mass is 305 g/mol. The molecule has 5 heteroatoms. The van der Waals surface area contributed by atoms with E-state index in [9.17, 15) is 9.18 Å². The summed E-state index contributed by atoms with van der Waals surface area (Å²) in [5, 5.41) is 12.1. The minimum absolute atomic E-state index is 0.301. The first-order valence-corrected chi connectivity index (χ1v) is 7.41. The van der Waals surface area contributed by atoms with E-state index in [1.165, 1.54) is 6.07 Å². The molecule has 0 unspecified atom stereocenters. The van der Waals surface area contributed by atoms with Gasteiger partial charge >= 0.3 is 5.97 Å². The van der Waals surface area contributed by atoms with Crippen LogP contribution in [0.4, 0.5) is 4.39 Å². The van der Waals surface area contributed by atoms with Crippen LogP contribution >= 0.6 is 0 Å². The highest BCUT2D eigenvalue weighted by Gasteiger charge is 2.17. The van der Waals surface area contributed by atoms with Crippen LogP contribution in [0.1, 0.15) is 31.9 Å². The van der Waals surface area contributed by atoms with E-state index in [-0.39, 0.29) is 5.82 Å². The van der Waals surface area contributed by atoms with Crippen molar-refractivity contribution in [3.63, 3.8) is 0 Å². The molecule has 4 nitrogen and oxygen atoms in total. The molecule has 0 aliphatic heterocycles. The van der Waals surface area contributed by atoms with Crippen molar-refractivity contribution in [1.82, 2.24) is 5.32 Å². The van der Waals surface area contributed by atoms with Gasteiger partial charge in [-0.3, -0.25) is 10.1 Å². The maximum absolute atomic E-state index is 13.7. The van der Waals surface area contributed by atoms with Gasteiger partial charge in [0.05, 0.1) is 12.1 Å². The lowest BCUT2D eigenvalue weighted by Gasteiger charge is -2.12. The van der Waals surface area contributed by atoms with E-state index in [0.29, 0.717) is 30.0 Å². The highest BCUT2D eigenvalue weighted by molar-refractivity contribution is 5.73. The standard InChI is InChI=1S/C17H20FNO3/c1-2-3-8-15(17(20)21)19-11-12-9-10-16(22-12)13-6-4-5-7-14(13)18/h4-7,9-10,15,19H,2-3,8,11H2,1H3,(H,20,21)/t15-/m0/s1. The van der Waals surface area contributed by atoms with Crippen LogP contribution in [0.15, 0.2) is 40.8 Å². The molecule has 0 bridgehead atoms. The first-order chi connectivity index (χ1) is 10.6. The Morgan fingerprint density at radius 3 is 2.77 bits per heavy atom. The van der Waals surface area contributed by atoms with Crippen molar-refractivity contribution in [3.8, 4) is 11.3 Å². The molecule has 0 fully saturated rings. The Kier molecular flexibility index (Phi) is 5.72. The molecule has 0 saturated carbocycles. The number of furan rings is 1. The second-order valence-corrected chi connectivity index (χ2v) is 5.16. The molecule has 118 valence electrons. The van der Waals surface area contributed by atoms with Crippen LogP contribution in [0.2, 0.25) is 0 Å². The summed E-state index contributed by atoms with van der Waals surface area (Å²) in [6, 6.07) is 9.21. The highest BCUT2D eigenvalue weighted by atomic mass is 19.1. The number of unbranched alkanes of at least 4 members (excludes halogenated alkanes) is 1. The smallest absolute Gasteiger partial charge is 0.320 e. The van der Waals surface area contributed by atoms with Crippen molar-refractivity contribution >= 4 is 5.97 Å². The molecular weight excluding hydrogens is 285 g/mol. The average molecular weight is 305 g/mol. The summed E-state index contributed by atoms with van der Waals surface area (Å²) in [7, 11) is 0. The number of carboxylic acids is 1. The summed E-state index contributed by atoms with van der Waals surface area (Å²) < 4.78 is 19.3. The number of halogens is 1. The normalized spacial score (nSPS) is 12.3. The van der Waals surface area contributed by atoms with Crippen molar-refractivity contribution in [2.45, 2.75) is 38.8 Å². The van der Waals surface area contributed by atoms with Gasteiger partial charge in [0.2, 0.25) is 0 Å². The molecular formula is C17H20FNO3. The minimum atomic E-state index is -0.866. The fourth-order valence-corrected chi connectivity index (χ4v) is 2.22. The van der Waals surface area contributed by atoms with E-state index in [1.54, 1.807) is 30.3 Å². The van der Waals surface area contributed by atoms with Crippen molar-refractivity contribution in [3.05, 3.63) is 48.0 Å². The summed E-state index contributed by atoms with van der Waals surface area (Å²) in [4.78, 5) is 11.2. The molecule has 0 aliphatic carbocycles. The van der Waals surface area contributed by atoms with Crippen LogP contribution in [0.3, 0.4) is 0 Å². The van der Waals surface area contributed by atoms with Gasteiger partial charge in [-0.2, -0.15) is 0 Å². The van der Waals surface area contributed by atoms with Crippen molar-refractivity contribution in [2.24, 2.45) is 0 Å². The summed E-state index contributed by atoms with van der Waals surface area (Å²) in [5.41, 5.74) is 0.398. The predicted octanol–water partition coefficient (Wildman–Crippen LogP) is 3.82. The maximum atomic E-state index is 13.7. The lowest BCUT2D eigenvalue weighted by atomic mass is 10.1. The molecule has 22 heavy (non-hydrogen) atoms. The number of carbonyl (C=O) groups is 1. The van der Waals surface area contributed by atoms with Gasteiger partial charge in [0.1, 0.15) is 23.4 Å². The maximum Gasteiger partial charge on any atom is 0.320 e. The van der Waals surface area contributed by atoms with Gasteiger partial charge in [0.15, 0.2) is 0 Å². The summed E-state index contributed by atoms with van der Waals surface area (Å²) in [6.45, 7) is 2.32. The quantitative estimate of drug-likeness (QED) is 0.778. The first kappa shape index (κ1) is 16.2. The van der Waals surface area contributed by atoms with E-state index in [4.69, 9.17) is 9.52 Å². The molecule has 2 rings (SSSR count). The Morgan fingerprint density at radius 2 is 2.09 bits per heavy atom. The van der Waals surface area contributed by atoms with E-state index in [1.807, 2.05) is 6.92 Å². The van der Waals surface area contributed by atoms with Gasteiger partial charge in [0, 0.05) is 0 Å². The first-order valence-electron chi connectivity index (χ1n) is 7.41. The molecule has 1 atom stereocenters. The van der Waals surface area contributed by atoms with Gasteiger partial charge in [0.25, 0.3) is 0 Å². The molecule has 2 N–H and O–H groups in total. The molecule has 0 spiro atoms. The van der Waals surface area contributed by atoms with Crippen LogP contribution in [0.5, 0.6) is 0 Å². The molecule has 0 saturated heterocycles. The third-order valence-electron chi connectivity index (χ3n) is 3.47. The molecule has 0 aliphatic rings. The third-order valence-corrected chi connectivity index (χ3v) is 3.47. The number of rotatable bonds is 8. The van der Waals surface area contributed by atoms with Gasteiger partial charge in [-0.25, -0.2) is 4.39 Å². The zero-order valence-corrected chi connectivity index (χ0v) is 12.5. The average Bonchev–Trinajstić information content (AvgIpc) is 2.96. The number of hydrogen-bond acceptors (Lipinski definition) is 3. The third kappa shape index (κ3) is 4.18. The Labute approximate surface area is 129 Å². The molecule has 2 aromatic rings. The fraction of sp³-hybridized carbons (Fsp3) is 0.353. The molecule has 1 aromatic carbocycles. The minimum Gasteiger partial charge on any atom is -0.480 e. The highest BCUT2D eigenvalue weighted by Crippen LogP contribution is 2.24. The number of nitrogens with one attached hydrogen (secondary N) is 1. The zero-order valence-electron chi connectivity index (χ0n) is 12.5. The van der Waals surface area contributed by atoms with Gasteiger partial charge in [-0.1, -0.05) is 31.9 Å². The Hall–Kier alpha value is -2.14. The van der Waals surface area contributed by atoms with Crippen LogP contribution < -0.4 is 5.32 Å². The van der Waals surface area contributed by atoms with Crippen LogP contribution in [0, 0.1) is 5.82 Å². The number of aliphatic carboxylic acids is 1. The number of hydrogen-bond donors (Lipinski definition) is 2. The van der Waals surface area contributed by atoms with Crippen molar-refractivity contribution in [1.29, 1.82) is 0 Å². The number of benzene rings is 1. The molecule has 1 heterocycles. The molecule has 1 aromatic heterocycles. The topological polar surface area (TPSA) is 62.5 Å². The SMILES string of the molecule is CCCC[C@H](NCc1ccc(-c2ccccc2F)o1)C(=O)O. The number of carboxylic acid groups (broad SMARTS) is 1.